The van der Waals surface area contributed by atoms with E-state index >= 15 is 0 Å². The zero-order valence-electron chi connectivity index (χ0n) is 16.9. The number of hydrogen-bond acceptors (Lipinski definition) is 7. The standard InChI is InChI=1S/C21H17ClFN5O3/c1-11-4-5-14(9-16(11)23)20-25-18(31-27-20)10-30-21(29)19-15(22)6-7-17(24-19)28-13(3)8-12(2)26-28/h4-9H,10H2,1-3H3. The average molecular weight is 442 g/mol. The van der Waals surface area contributed by atoms with Crippen LogP contribution in [0.4, 0.5) is 4.39 Å². The Morgan fingerprint density at radius 1 is 1.16 bits per heavy atom. The maximum absolute atomic E-state index is 13.8. The second kappa shape index (κ2) is 8.27. The lowest BCUT2D eigenvalue weighted by atomic mass is 10.1. The quantitative estimate of drug-likeness (QED) is 0.423. The Morgan fingerprint density at radius 2 is 1.97 bits per heavy atom. The minimum atomic E-state index is -0.755. The molecule has 0 amide bonds. The number of aryl methyl sites for hydroxylation is 3. The molecule has 31 heavy (non-hydrogen) atoms. The lowest BCUT2D eigenvalue weighted by Crippen LogP contribution is -2.11. The lowest BCUT2D eigenvalue weighted by Gasteiger charge is -2.07. The predicted octanol–water partition coefficient (Wildman–Crippen LogP) is 4.39. The Morgan fingerprint density at radius 3 is 2.68 bits per heavy atom. The average Bonchev–Trinajstić information content (AvgIpc) is 3.34. The zero-order valence-corrected chi connectivity index (χ0v) is 17.6. The summed E-state index contributed by atoms with van der Waals surface area (Å²) in [6.45, 7) is 5.10. The zero-order chi connectivity index (χ0) is 22.1. The summed E-state index contributed by atoms with van der Waals surface area (Å²) < 4.78 is 25.7. The normalized spacial score (nSPS) is 11.0. The van der Waals surface area contributed by atoms with E-state index in [1.807, 2.05) is 19.9 Å². The van der Waals surface area contributed by atoms with Crippen molar-refractivity contribution in [1.29, 1.82) is 0 Å². The van der Waals surface area contributed by atoms with Crippen LogP contribution in [0.2, 0.25) is 5.02 Å². The second-order valence-electron chi connectivity index (χ2n) is 6.89. The van der Waals surface area contributed by atoms with Crippen molar-refractivity contribution in [2.75, 3.05) is 0 Å². The summed E-state index contributed by atoms with van der Waals surface area (Å²) in [6.07, 6.45) is 0. The van der Waals surface area contributed by atoms with Crippen molar-refractivity contribution in [2.24, 2.45) is 0 Å². The Labute approximate surface area is 181 Å². The molecule has 0 bridgehead atoms. The highest BCUT2D eigenvalue weighted by molar-refractivity contribution is 6.33. The molecule has 0 spiro atoms. The maximum atomic E-state index is 13.8. The maximum Gasteiger partial charge on any atom is 0.359 e. The van der Waals surface area contributed by atoms with Crippen molar-refractivity contribution in [3.63, 3.8) is 0 Å². The number of hydrogen-bond donors (Lipinski definition) is 0. The molecule has 0 radical (unpaired) electrons. The third-order valence-electron chi connectivity index (χ3n) is 4.48. The van der Waals surface area contributed by atoms with Gasteiger partial charge in [-0.2, -0.15) is 10.1 Å². The van der Waals surface area contributed by atoms with Gasteiger partial charge in [0.25, 0.3) is 5.89 Å². The molecular weight excluding hydrogens is 425 g/mol. The van der Waals surface area contributed by atoms with E-state index in [4.69, 9.17) is 20.9 Å². The summed E-state index contributed by atoms with van der Waals surface area (Å²) in [7, 11) is 0. The summed E-state index contributed by atoms with van der Waals surface area (Å²) >= 11 is 6.14. The van der Waals surface area contributed by atoms with Crippen molar-refractivity contribution in [2.45, 2.75) is 27.4 Å². The van der Waals surface area contributed by atoms with Crippen molar-refractivity contribution < 1.29 is 18.4 Å². The van der Waals surface area contributed by atoms with Crippen LogP contribution in [-0.4, -0.2) is 30.9 Å². The number of pyridine rings is 1. The monoisotopic (exact) mass is 441 g/mol. The smallest absolute Gasteiger partial charge is 0.359 e. The van der Waals surface area contributed by atoms with Gasteiger partial charge in [0.1, 0.15) is 5.82 Å². The van der Waals surface area contributed by atoms with Gasteiger partial charge >= 0.3 is 5.97 Å². The van der Waals surface area contributed by atoms with Crippen LogP contribution in [0.5, 0.6) is 0 Å². The van der Waals surface area contributed by atoms with Gasteiger partial charge in [0.05, 0.1) is 10.7 Å². The molecule has 0 aliphatic heterocycles. The van der Waals surface area contributed by atoms with Gasteiger partial charge in [-0.3, -0.25) is 0 Å². The summed E-state index contributed by atoms with van der Waals surface area (Å²) in [5.74, 6) is -0.459. The van der Waals surface area contributed by atoms with E-state index in [1.54, 1.807) is 35.9 Å². The Balaban J connectivity index is 1.49. The first kappa shape index (κ1) is 20.7. The van der Waals surface area contributed by atoms with Crippen molar-refractivity contribution in [3.8, 4) is 17.2 Å². The van der Waals surface area contributed by atoms with Crippen LogP contribution < -0.4 is 0 Å². The van der Waals surface area contributed by atoms with Gasteiger partial charge in [-0.25, -0.2) is 18.9 Å². The van der Waals surface area contributed by atoms with Gasteiger partial charge in [-0.1, -0.05) is 28.9 Å². The lowest BCUT2D eigenvalue weighted by molar-refractivity contribution is 0.0423. The van der Waals surface area contributed by atoms with E-state index < -0.39 is 5.97 Å². The molecule has 1 aromatic carbocycles. The van der Waals surface area contributed by atoms with Gasteiger partial charge in [0.15, 0.2) is 18.1 Å². The Bertz CT molecular complexity index is 1280. The van der Waals surface area contributed by atoms with Crippen LogP contribution in [0.3, 0.4) is 0 Å². The van der Waals surface area contributed by atoms with E-state index in [2.05, 4.69) is 20.2 Å². The molecule has 0 atom stereocenters. The summed E-state index contributed by atoms with van der Waals surface area (Å²) in [6, 6.07) is 9.69. The molecular formula is C21H17ClFN5O3. The molecule has 3 aromatic heterocycles. The molecule has 3 heterocycles. The van der Waals surface area contributed by atoms with E-state index in [9.17, 15) is 9.18 Å². The van der Waals surface area contributed by atoms with Gasteiger partial charge in [-0.15, -0.1) is 0 Å². The highest BCUT2D eigenvalue weighted by atomic mass is 35.5. The molecule has 8 nitrogen and oxygen atoms in total. The van der Waals surface area contributed by atoms with E-state index in [-0.39, 0.29) is 34.9 Å². The van der Waals surface area contributed by atoms with E-state index in [1.165, 1.54) is 6.07 Å². The van der Waals surface area contributed by atoms with Gasteiger partial charge in [0.2, 0.25) is 5.82 Å². The predicted molar refractivity (Wildman–Crippen MR) is 109 cm³/mol. The van der Waals surface area contributed by atoms with Crippen LogP contribution in [0.25, 0.3) is 17.2 Å². The highest BCUT2D eigenvalue weighted by Gasteiger charge is 2.19. The molecule has 0 saturated carbocycles. The van der Waals surface area contributed by atoms with Gasteiger partial charge < -0.3 is 9.26 Å². The number of halogens is 2. The molecule has 4 aromatic rings. The van der Waals surface area contributed by atoms with Crippen molar-refractivity contribution >= 4 is 17.6 Å². The van der Waals surface area contributed by atoms with Crippen LogP contribution in [0, 0.1) is 26.6 Å². The number of aromatic nitrogens is 5. The van der Waals surface area contributed by atoms with Crippen LogP contribution >= 0.6 is 11.6 Å². The van der Waals surface area contributed by atoms with Crippen molar-refractivity contribution in [3.05, 3.63) is 75.8 Å². The third-order valence-corrected chi connectivity index (χ3v) is 4.78. The fourth-order valence-corrected chi connectivity index (χ4v) is 3.09. The van der Waals surface area contributed by atoms with Crippen LogP contribution in [-0.2, 0) is 11.3 Å². The number of benzene rings is 1. The Kier molecular flexibility index (Phi) is 5.51. The number of carbonyl (C=O) groups excluding carboxylic acids is 1. The first-order valence-corrected chi connectivity index (χ1v) is 9.66. The number of nitrogens with zero attached hydrogens (tertiary/aromatic N) is 5. The summed E-state index contributed by atoms with van der Waals surface area (Å²) in [5, 5.41) is 8.28. The molecule has 0 unspecified atom stereocenters. The molecule has 0 N–H and O–H groups in total. The summed E-state index contributed by atoms with van der Waals surface area (Å²) in [4.78, 5) is 20.9. The number of esters is 1. The SMILES string of the molecule is Cc1cc(C)n(-c2ccc(Cl)c(C(=O)OCc3nc(-c4ccc(C)c(F)c4)no3)n2)n1. The Hall–Kier alpha value is -3.59. The largest absolute Gasteiger partial charge is 0.451 e. The molecule has 0 aliphatic rings. The fraction of sp³-hybridized carbons (Fsp3) is 0.190. The fourth-order valence-electron chi connectivity index (χ4n) is 2.91. The van der Waals surface area contributed by atoms with Gasteiger partial charge in [0, 0.05) is 11.3 Å². The molecule has 0 saturated heterocycles. The molecule has 0 aliphatic carbocycles. The van der Waals surface area contributed by atoms with Gasteiger partial charge in [-0.05, 0) is 50.6 Å². The molecule has 4 rings (SSSR count). The minimum absolute atomic E-state index is 0.0511. The number of ether oxygens (including phenoxy) is 1. The number of rotatable bonds is 5. The third kappa shape index (κ3) is 4.31. The van der Waals surface area contributed by atoms with E-state index in [0.717, 1.165) is 11.4 Å². The first-order chi connectivity index (χ1) is 14.8. The van der Waals surface area contributed by atoms with E-state index in [0.29, 0.717) is 16.9 Å². The van der Waals surface area contributed by atoms with Crippen molar-refractivity contribution in [1.82, 2.24) is 24.9 Å². The topological polar surface area (TPSA) is 95.9 Å². The minimum Gasteiger partial charge on any atom is -0.451 e. The molecule has 158 valence electrons. The second-order valence-corrected chi connectivity index (χ2v) is 7.30. The number of carbonyl (C=O) groups is 1. The van der Waals surface area contributed by atoms with Crippen LogP contribution in [0.15, 0.2) is 40.9 Å². The molecule has 10 heteroatoms. The molecule has 0 fully saturated rings. The highest BCUT2D eigenvalue weighted by Crippen LogP contribution is 2.21. The first-order valence-electron chi connectivity index (χ1n) is 9.28. The summed E-state index contributed by atoms with van der Waals surface area (Å²) in [5.41, 5.74) is 2.57. The van der Waals surface area contributed by atoms with Crippen LogP contribution in [0.1, 0.15) is 33.3 Å².